The summed E-state index contributed by atoms with van der Waals surface area (Å²) < 4.78 is 0. The van der Waals surface area contributed by atoms with Crippen LogP contribution in [0, 0.1) is 0 Å². The van der Waals surface area contributed by atoms with Crippen LogP contribution in [0.25, 0.3) is 11.0 Å². The summed E-state index contributed by atoms with van der Waals surface area (Å²) in [6.07, 6.45) is 0. The van der Waals surface area contributed by atoms with Gasteiger partial charge in [0.1, 0.15) is 0 Å². The predicted octanol–water partition coefficient (Wildman–Crippen LogP) is -0.668. The van der Waals surface area contributed by atoms with Gasteiger partial charge in [0, 0.05) is 12.6 Å². The smallest absolute Gasteiger partial charge is 0.323 e. The molecule has 0 saturated heterocycles. The summed E-state index contributed by atoms with van der Waals surface area (Å²) in [4.78, 5) is 38.9. The van der Waals surface area contributed by atoms with E-state index in [1.165, 1.54) is 7.05 Å². The van der Waals surface area contributed by atoms with Crippen LogP contribution in [0.15, 0.2) is 23.0 Å². The Morgan fingerprint density at radius 1 is 1.22 bits per heavy atom. The Hall–Kier alpha value is -2.57. The van der Waals surface area contributed by atoms with Crippen LogP contribution in [0.2, 0.25) is 0 Å². The van der Waals surface area contributed by atoms with E-state index in [1.54, 1.807) is 18.2 Å². The number of benzene rings is 1. The topological polar surface area (TPSA) is 107 Å². The molecular weight excluding hydrogens is 236 g/mol. The molecule has 1 aromatic carbocycles. The van der Waals surface area contributed by atoms with Crippen molar-refractivity contribution in [3.05, 3.63) is 34.2 Å². The Morgan fingerprint density at radius 2 is 1.94 bits per heavy atom. The van der Waals surface area contributed by atoms with Gasteiger partial charge in [-0.05, 0) is 18.2 Å². The average molecular weight is 248 g/mol. The summed E-state index contributed by atoms with van der Waals surface area (Å²) in [6, 6.07) is 4.75. The van der Waals surface area contributed by atoms with E-state index in [1.807, 2.05) is 0 Å². The Bertz CT molecular complexity index is 656. The molecule has 0 unspecified atom stereocenters. The van der Waals surface area contributed by atoms with Crippen LogP contribution in [-0.4, -0.2) is 35.4 Å². The lowest BCUT2D eigenvalue weighted by Crippen LogP contribution is -2.35. The van der Waals surface area contributed by atoms with Gasteiger partial charge < -0.3 is 20.6 Å². The van der Waals surface area contributed by atoms with Gasteiger partial charge in [0.15, 0.2) is 0 Å². The number of rotatable bonds is 3. The number of aromatic amines is 2. The van der Waals surface area contributed by atoms with Crippen molar-refractivity contribution in [3.63, 3.8) is 0 Å². The van der Waals surface area contributed by atoms with Gasteiger partial charge in [0.2, 0.25) is 5.91 Å². The lowest BCUT2D eigenvalue weighted by molar-refractivity contribution is -0.119. The Balaban J connectivity index is 2.17. The molecule has 2 aromatic rings. The van der Waals surface area contributed by atoms with Gasteiger partial charge in [-0.2, -0.15) is 0 Å². The van der Waals surface area contributed by atoms with Gasteiger partial charge >= 0.3 is 5.69 Å². The van der Waals surface area contributed by atoms with Crippen molar-refractivity contribution in [1.82, 2.24) is 20.6 Å². The first kappa shape index (κ1) is 11.9. The summed E-state index contributed by atoms with van der Waals surface area (Å²) in [7, 11) is 1.49. The quantitative estimate of drug-likeness (QED) is 0.578. The summed E-state index contributed by atoms with van der Waals surface area (Å²) in [5.41, 5.74) is 1.23. The third kappa shape index (κ3) is 2.40. The minimum atomic E-state index is -0.373. The number of carbonyl (C=O) groups is 2. The molecule has 0 aliphatic carbocycles. The van der Waals surface area contributed by atoms with Crippen molar-refractivity contribution in [3.8, 4) is 0 Å². The normalized spacial score (nSPS) is 10.3. The number of carbonyl (C=O) groups excluding carboxylic acids is 2. The molecule has 0 spiro atoms. The molecule has 18 heavy (non-hydrogen) atoms. The standard InChI is InChI=1S/C11H12N4O3/c1-12-9(16)5-13-10(17)6-2-3-7-8(4-6)15-11(18)14-7/h2-4H,5H2,1H3,(H,12,16)(H,13,17)(H2,14,15,18). The van der Waals surface area contributed by atoms with Crippen molar-refractivity contribution in [2.75, 3.05) is 13.6 Å². The van der Waals surface area contributed by atoms with Crippen LogP contribution in [0.4, 0.5) is 0 Å². The highest BCUT2D eigenvalue weighted by molar-refractivity contribution is 5.98. The summed E-state index contributed by atoms with van der Waals surface area (Å²) in [5, 5.41) is 4.87. The first-order valence-electron chi connectivity index (χ1n) is 5.31. The number of H-pyrrole nitrogens is 2. The fourth-order valence-corrected chi connectivity index (χ4v) is 1.52. The zero-order chi connectivity index (χ0) is 13.1. The van der Waals surface area contributed by atoms with E-state index in [4.69, 9.17) is 0 Å². The van der Waals surface area contributed by atoms with Gasteiger partial charge in [-0.25, -0.2) is 4.79 Å². The largest absolute Gasteiger partial charge is 0.358 e. The molecule has 0 aliphatic rings. The number of nitrogens with one attached hydrogen (secondary N) is 4. The van der Waals surface area contributed by atoms with Gasteiger partial charge in [-0.15, -0.1) is 0 Å². The van der Waals surface area contributed by atoms with Crippen molar-refractivity contribution in [2.24, 2.45) is 0 Å². The third-order valence-corrected chi connectivity index (χ3v) is 2.47. The Kier molecular flexibility index (Phi) is 3.13. The summed E-state index contributed by atoms with van der Waals surface area (Å²) in [6.45, 7) is -0.0863. The number of aromatic nitrogens is 2. The lowest BCUT2D eigenvalue weighted by Gasteiger charge is -2.04. The molecule has 4 N–H and O–H groups in total. The van der Waals surface area contributed by atoms with Crippen LogP contribution in [0.3, 0.4) is 0 Å². The molecule has 2 amide bonds. The molecule has 0 radical (unpaired) electrons. The third-order valence-electron chi connectivity index (χ3n) is 2.47. The summed E-state index contributed by atoms with van der Waals surface area (Å²) in [5.74, 6) is -0.651. The van der Waals surface area contributed by atoms with Crippen LogP contribution in [0.1, 0.15) is 10.4 Å². The maximum Gasteiger partial charge on any atom is 0.323 e. The molecular formula is C11H12N4O3. The van der Waals surface area contributed by atoms with Crippen LogP contribution < -0.4 is 16.3 Å². The zero-order valence-corrected chi connectivity index (χ0v) is 9.66. The Labute approximate surface area is 102 Å². The summed E-state index contributed by atoms with van der Waals surface area (Å²) >= 11 is 0. The van der Waals surface area contributed by atoms with E-state index < -0.39 is 0 Å². The van der Waals surface area contributed by atoms with Gasteiger partial charge in [-0.3, -0.25) is 9.59 Å². The van der Waals surface area contributed by atoms with E-state index in [0.717, 1.165) is 0 Å². The maximum absolute atomic E-state index is 11.7. The SMILES string of the molecule is CNC(=O)CNC(=O)c1ccc2[nH]c(=O)[nH]c2c1. The fraction of sp³-hybridized carbons (Fsp3) is 0.182. The molecule has 2 rings (SSSR count). The molecule has 0 aliphatic heterocycles. The van der Waals surface area contributed by atoms with Gasteiger partial charge in [0.05, 0.1) is 17.6 Å². The minimum Gasteiger partial charge on any atom is -0.358 e. The fourth-order valence-electron chi connectivity index (χ4n) is 1.52. The Morgan fingerprint density at radius 3 is 2.67 bits per heavy atom. The molecule has 7 heteroatoms. The van der Waals surface area contributed by atoms with Gasteiger partial charge in [-0.1, -0.05) is 0 Å². The van der Waals surface area contributed by atoms with Crippen LogP contribution in [0.5, 0.6) is 0 Å². The van der Waals surface area contributed by atoms with Crippen LogP contribution in [-0.2, 0) is 4.79 Å². The second-order valence-electron chi connectivity index (χ2n) is 3.70. The highest BCUT2D eigenvalue weighted by Crippen LogP contribution is 2.09. The number of imidazole rings is 1. The minimum absolute atomic E-state index is 0.0863. The average Bonchev–Trinajstić information content (AvgIpc) is 2.74. The number of amides is 2. The lowest BCUT2D eigenvalue weighted by atomic mass is 10.2. The number of hydrogen-bond acceptors (Lipinski definition) is 3. The van der Waals surface area contributed by atoms with Crippen molar-refractivity contribution in [2.45, 2.75) is 0 Å². The van der Waals surface area contributed by atoms with Crippen molar-refractivity contribution < 1.29 is 9.59 Å². The molecule has 1 aromatic heterocycles. The highest BCUT2D eigenvalue weighted by atomic mass is 16.2. The van der Waals surface area contributed by atoms with Gasteiger partial charge in [0.25, 0.3) is 5.91 Å². The second-order valence-corrected chi connectivity index (χ2v) is 3.70. The number of likely N-dealkylation sites (N-methyl/N-ethyl adjacent to an activating group) is 1. The van der Waals surface area contributed by atoms with Crippen LogP contribution >= 0.6 is 0 Å². The van der Waals surface area contributed by atoms with Crippen molar-refractivity contribution in [1.29, 1.82) is 0 Å². The van der Waals surface area contributed by atoms with Crippen molar-refractivity contribution >= 4 is 22.8 Å². The molecule has 1 heterocycles. The molecule has 0 atom stereocenters. The molecule has 7 nitrogen and oxygen atoms in total. The number of fused-ring (bicyclic) bond motifs is 1. The second kappa shape index (κ2) is 4.74. The molecule has 0 bridgehead atoms. The zero-order valence-electron chi connectivity index (χ0n) is 9.66. The molecule has 0 saturated carbocycles. The predicted molar refractivity (Wildman–Crippen MR) is 65.3 cm³/mol. The maximum atomic E-state index is 11.7. The first-order valence-corrected chi connectivity index (χ1v) is 5.31. The van der Waals surface area contributed by atoms with E-state index in [0.29, 0.717) is 16.6 Å². The monoisotopic (exact) mass is 248 g/mol. The first-order chi connectivity index (χ1) is 8.60. The molecule has 0 fully saturated rings. The number of hydrogen-bond donors (Lipinski definition) is 4. The van der Waals surface area contributed by atoms with E-state index >= 15 is 0 Å². The van der Waals surface area contributed by atoms with E-state index in [-0.39, 0.29) is 24.0 Å². The highest BCUT2D eigenvalue weighted by Gasteiger charge is 2.08. The van der Waals surface area contributed by atoms with E-state index in [2.05, 4.69) is 20.6 Å². The molecule has 94 valence electrons. The van der Waals surface area contributed by atoms with E-state index in [9.17, 15) is 14.4 Å².